The number of methoxy groups -OCH3 is 1. The van der Waals surface area contributed by atoms with Gasteiger partial charge in [0.25, 0.3) is 0 Å². The molecule has 0 aliphatic heterocycles. The van der Waals surface area contributed by atoms with Crippen LogP contribution in [0.15, 0.2) is 24.3 Å². The molecule has 1 amide bonds. The molecule has 1 aliphatic rings. The highest BCUT2D eigenvalue weighted by Crippen LogP contribution is 2.33. The number of aromatic nitrogens is 2. The van der Waals surface area contributed by atoms with Crippen LogP contribution in [-0.4, -0.2) is 30.3 Å². The minimum Gasteiger partial charge on any atom is -0.497 e. The van der Waals surface area contributed by atoms with Gasteiger partial charge in [-0.15, -0.1) is 10.2 Å². The Kier molecular flexibility index (Phi) is 3.88. The topological polar surface area (TPSA) is 55.3 Å². The molecule has 6 heteroatoms. The number of carbonyl (C=O) groups is 1. The number of hydrogen-bond donors (Lipinski definition) is 0. The van der Waals surface area contributed by atoms with Gasteiger partial charge in [0.1, 0.15) is 10.8 Å². The Labute approximate surface area is 127 Å². The quantitative estimate of drug-likeness (QED) is 0.871. The predicted molar refractivity (Wildman–Crippen MR) is 82.6 cm³/mol. The lowest BCUT2D eigenvalue weighted by atomic mass is 9.84. The smallest absolute Gasteiger partial charge is 0.231 e. The van der Waals surface area contributed by atoms with E-state index in [0.717, 1.165) is 35.6 Å². The van der Waals surface area contributed by atoms with Crippen molar-refractivity contribution in [2.24, 2.45) is 5.92 Å². The van der Waals surface area contributed by atoms with Gasteiger partial charge < -0.3 is 4.74 Å². The van der Waals surface area contributed by atoms with Crippen molar-refractivity contribution in [3.8, 4) is 16.3 Å². The largest absolute Gasteiger partial charge is 0.497 e. The van der Waals surface area contributed by atoms with E-state index in [2.05, 4.69) is 10.2 Å². The van der Waals surface area contributed by atoms with Gasteiger partial charge in [0.15, 0.2) is 0 Å². The van der Waals surface area contributed by atoms with Crippen molar-refractivity contribution in [3.63, 3.8) is 0 Å². The van der Waals surface area contributed by atoms with E-state index >= 15 is 0 Å². The van der Waals surface area contributed by atoms with E-state index in [1.807, 2.05) is 24.3 Å². The van der Waals surface area contributed by atoms with E-state index in [4.69, 9.17) is 4.74 Å². The van der Waals surface area contributed by atoms with Crippen LogP contribution >= 0.6 is 11.3 Å². The molecule has 0 radical (unpaired) electrons. The minimum absolute atomic E-state index is 0.152. The van der Waals surface area contributed by atoms with Crippen molar-refractivity contribution in [2.75, 3.05) is 19.1 Å². The second-order valence-corrected chi connectivity index (χ2v) is 6.10. The van der Waals surface area contributed by atoms with Crippen LogP contribution in [0.4, 0.5) is 5.13 Å². The molecule has 0 atom stereocenters. The van der Waals surface area contributed by atoms with Gasteiger partial charge in [0.2, 0.25) is 11.0 Å². The Morgan fingerprint density at radius 3 is 2.57 bits per heavy atom. The van der Waals surface area contributed by atoms with Crippen molar-refractivity contribution in [3.05, 3.63) is 24.3 Å². The van der Waals surface area contributed by atoms with E-state index in [-0.39, 0.29) is 11.8 Å². The normalized spacial score (nSPS) is 14.6. The molecule has 0 N–H and O–H groups in total. The van der Waals surface area contributed by atoms with Crippen LogP contribution in [0.1, 0.15) is 19.3 Å². The van der Waals surface area contributed by atoms with E-state index in [1.165, 1.54) is 11.3 Å². The lowest BCUT2D eigenvalue weighted by Gasteiger charge is -2.27. The SMILES string of the molecule is COc1ccc(-c2nnc(N(C)C(=O)C3CCC3)s2)cc1. The lowest BCUT2D eigenvalue weighted by Crippen LogP contribution is -2.36. The molecule has 1 aliphatic carbocycles. The fraction of sp³-hybridized carbons (Fsp3) is 0.400. The molecule has 21 heavy (non-hydrogen) atoms. The first-order valence-corrected chi connectivity index (χ1v) is 7.76. The fourth-order valence-corrected chi connectivity index (χ4v) is 3.04. The van der Waals surface area contributed by atoms with Gasteiger partial charge in [-0.05, 0) is 37.1 Å². The highest BCUT2D eigenvalue weighted by Gasteiger charge is 2.29. The van der Waals surface area contributed by atoms with Crippen LogP contribution in [0.25, 0.3) is 10.6 Å². The van der Waals surface area contributed by atoms with Gasteiger partial charge in [-0.3, -0.25) is 9.69 Å². The summed E-state index contributed by atoms with van der Waals surface area (Å²) in [6, 6.07) is 7.66. The van der Waals surface area contributed by atoms with Crippen LogP contribution in [-0.2, 0) is 4.79 Å². The van der Waals surface area contributed by atoms with Crippen molar-refractivity contribution in [2.45, 2.75) is 19.3 Å². The Morgan fingerprint density at radius 2 is 2.00 bits per heavy atom. The van der Waals surface area contributed by atoms with Gasteiger partial charge in [-0.1, -0.05) is 17.8 Å². The molecule has 3 rings (SSSR count). The van der Waals surface area contributed by atoms with E-state index in [9.17, 15) is 4.79 Å². The molecule has 1 aromatic carbocycles. The fourth-order valence-electron chi connectivity index (χ4n) is 2.22. The van der Waals surface area contributed by atoms with E-state index in [0.29, 0.717) is 5.13 Å². The van der Waals surface area contributed by atoms with Crippen molar-refractivity contribution >= 4 is 22.4 Å². The van der Waals surface area contributed by atoms with Gasteiger partial charge in [-0.25, -0.2) is 0 Å². The summed E-state index contributed by atoms with van der Waals surface area (Å²) >= 11 is 1.43. The summed E-state index contributed by atoms with van der Waals surface area (Å²) < 4.78 is 5.14. The lowest BCUT2D eigenvalue weighted by molar-refractivity contribution is -0.124. The van der Waals surface area contributed by atoms with Crippen LogP contribution < -0.4 is 9.64 Å². The Balaban J connectivity index is 1.77. The molecular weight excluding hydrogens is 286 g/mol. The number of amides is 1. The van der Waals surface area contributed by atoms with Crippen LogP contribution in [0.5, 0.6) is 5.75 Å². The third-order valence-corrected chi connectivity index (χ3v) is 4.87. The molecular formula is C15H17N3O2S. The molecule has 2 aromatic rings. The van der Waals surface area contributed by atoms with Crippen LogP contribution in [0.2, 0.25) is 0 Å². The summed E-state index contributed by atoms with van der Waals surface area (Å²) in [5, 5.41) is 9.78. The van der Waals surface area contributed by atoms with Crippen molar-refractivity contribution in [1.29, 1.82) is 0 Å². The predicted octanol–water partition coefficient (Wildman–Crippen LogP) is 2.98. The number of carbonyl (C=O) groups excluding carboxylic acids is 1. The minimum atomic E-state index is 0.152. The zero-order chi connectivity index (χ0) is 14.8. The molecule has 0 spiro atoms. The highest BCUT2D eigenvalue weighted by atomic mass is 32.1. The highest BCUT2D eigenvalue weighted by molar-refractivity contribution is 7.18. The first kappa shape index (κ1) is 14.0. The molecule has 110 valence electrons. The molecule has 1 heterocycles. The standard InChI is InChI=1S/C15H17N3O2S/c1-18(14(19)11-4-3-5-11)15-17-16-13(21-15)10-6-8-12(20-2)9-7-10/h6-9,11H,3-5H2,1-2H3. The maximum Gasteiger partial charge on any atom is 0.231 e. The zero-order valence-corrected chi connectivity index (χ0v) is 12.9. The van der Waals surface area contributed by atoms with Crippen molar-refractivity contribution < 1.29 is 9.53 Å². The van der Waals surface area contributed by atoms with E-state index in [1.54, 1.807) is 19.1 Å². The average Bonchev–Trinajstić information content (AvgIpc) is 2.94. The number of benzene rings is 1. The summed E-state index contributed by atoms with van der Waals surface area (Å²) in [5.41, 5.74) is 0.976. The molecule has 1 saturated carbocycles. The van der Waals surface area contributed by atoms with Gasteiger partial charge >= 0.3 is 0 Å². The second-order valence-electron chi connectivity index (χ2n) is 5.14. The summed E-state index contributed by atoms with van der Waals surface area (Å²) in [5.74, 6) is 1.13. The first-order chi connectivity index (χ1) is 10.2. The maximum absolute atomic E-state index is 12.2. The number of rotatable bonds is 4. The monoisotopic (exact) mass is 303 g/mol. The second kappa shape index (κ2) is 5.81. The number of anilines is 1. The Morgan fingerprint density at radius 1 is 1.29 bits per heavy atom. The summed E-state index contributed by atoms with van der Waals surface area (Å²) in [6.45, 7) is 0. The summed E-state index contributed by atoms with van der Waals surface area (Å²) in [4.78, 5) is 13.8. The number of ether oxygens (including phenoxy) is 1. The zero-order valence-electron chi connectivity index (χ0n) is 12.1. The van der Waals surface area contributed by atoms with Gasteiger partial charge in [0.05, 0.1) is 7.11 Å². The van der Waals surface area contributed by atoms with Gasteiger partial charge in [0, 0.05) is 18.5 Å². The molecule has 1 fully saturated rings. The number of nitrogens with zero attached hydrogens (tertiary/aromatic N) is 3. The molecule has 0 unspecified atom stereocenters. The third kappa shape index (κ3) is 2.76. The number of hydrogen-bond acceptors (Lipinski definition) is 5. The Hall–Kier alpha value is -1.95. The van der Waals surface area contributed by atoms with Crippen LogP contribution in [0.3, 0.4) is 0 Å². The Bertz CT molecular complexity index is 635. The molecule has 0 saturated heterocycles. The third-order valence-electron chi connectivity index (χ3n) is 3.82. The molecule has 1 aromatic heterocycles. The van der Waals surface area contributed by atoms with Crippen molar-refractivity contribution in [1.82, 2.24) is 10.2 Å². The van der Waals surface area contributed by atoms with Gasteiger partial charge in [-0.2, -0.15) is 0 Å². The van der Waals surface area contributed by atoms with E-state index < -0.39 is 0 Å². The molecule has 5 nitrogen and oxygen atoms in total. The maximum atomic E-state index is 12.2. The molecule has 0 bridgehead atoms. The first-order valence-electron chi connectivity index (χ1n) is 6.94. The summed E-state index contributed by atoms with van der Waals surface area (Å²) in [7, 11) is 3.41. The summed E-state index contributed by atoms with van der Waals surface area (Å²) in [6.07, 6.45) is 3.14. The average molecular weight is 303 g/mol. The van der Waals surface area contributed by atoms with Crippen LogP contribution in [0, 0.1) is 5.92 Å².